The third-order valence-corrected chi connectivity index (χ3v) is 1.87. The second kappa shape index (κ2) is 4.90. The maximum Gasteiger partial charge on any atom is 0.0927 e. The predicted octanol–water partition coefficient (Wildman–Crippen LogP) is -1.66. The molecule has 5 heteroatoms. The molecule has 1 fully saturated rings. The molecule has 0 radical (unpaired) electrons. The van der Waals surface area contributed by atoms with Crippen molar-refractivity contribution in [2.75, 3.05) is 19.7 Å². The summed E-state index contributed by atoms with van der Waals surface area (Å²) < 4.78 is 0. The molecule has 4 nitrogen and oxygen atoms in total. The molecule has 0 aliphatic carbocycles. The maximum absolute atomic E-state index is 9.19. The third-order valence-electron chi connectivity index (χ3n) is 1.87. The fourth-order valence-corrected chi connectivity index (χ4v) is 1.14. The van der Waals surface area contributed by atoms with E-state index in [2.05, 4.69) is 5.32 Å². The lowest BCUT2D eigenvalue weighted by atomic mass is 9.95. The predicted molar refractivity (Wildman–Crippen MR) is 42.7 cm³/mol. The van der Waals surface area contributed by atoms with E-state index in [0.29, 0.717) is 13.1 Å². The molecule has 1 heterocycles. The molecule has 0 aromatic rings. The topological polar surface area (TPSA) is 72.7 Å². The van der Waals surface area contributed by atoms with E-state index in [1.807, 2.05) is 0 Å². The number of hydrogen-bond acceptors (Lipinski definition) is 4. The molecular formula is C6H14ClNO3. The van der Waals surface area contributed by atoms with Gasteiger partial charge in [0.25, 0.3) is 0 Å². The van der Waals surface area contributed by atoms with Gasteiger partial charge in [-0.25, -0.2) is 0 Å². The zero-order valence-corrected chi connectivity index (χ0v) is 6.92. The van der Waals surface area contributed by atoms with Gasteiger partial charge in [-0.3, -0.25) is 0 Å². The second-order valence-electron chi connectivity index (χ2n) is 2.66. The number of hydrogen-bond donors (Lipinski definition) is 4. The van der Waals surface area contributed by atoms with Gasteiger partial charge in [0, 0.05) is 25.6 Å². The van der Waals surface area contributed by atoms with Crippen molar-refractivity contribution in [1.29, 1.82) is 0 Å². The van der Waals surface area contributed by atoms with Crippen molar-refractivity contribution in [3.8, 4) is 0 Å². The molecule has 11 heavy (non-hydrogen) atoms. The highest BCUT2D eigenvalue weighted by Gasteiger charge is 2.29. The summed E-state index contributed by atoms with van der Waals surface area (Å²) in [5.41, 5.74) is 0. The van der Waals surface area contributed by atoms with Gasteiger partial charge < -0.3 is 20.6 Å². The average Bonchev–Trinajstić information content (AvgIpc) is 1.95. The largest absolute Gasteiger partial charge is 0.396 e. The van der Waals surface area contributed by atoms with E-state index in [-0.39, 0.29) is 24.9 Å². The number of nitrogens with one attached hydrogen (secondary N) is 1. The maximum atomic E-state index is 9.19. The molecule has 1 aliphatic heterocycles. The molecule has 0 bridgehead atoms. The van der Waals surface area contributed by atoms with Crippen LogP contribution in [0.2, 0.25) is 0 Å². The van der Waals surface area contributed by atoms with Gasteiger partial charge in [0.05, 0.1) is 12.2 Å². The molecule has 0 aromatic carbocycles. The standard InChI is InChI=1S/C6H13NO3.ClH/c8-3-4-1-7-2-5(9)6(4)10;/h4-10H,1-3H2;1H/t4-,5-,6+;/m1./s1. The van der Waals surface area contributed by atoms with Gasteiger partial charge in [-0.2, -0.15) is 0 Å². The number of piperidine rings is 1. The van der Waals surface area contributed by atoms with Gasteiger partial charge in [0.15, 0.2) is 0 Å². The lowest BCUT2D eigenvalue weighted by molar-refractivity contribution is -0.0490. The van der Waals surface area contributed by atoms with Gasteiger partial charge in [-0.15, -0.1) is 12.4 Å². The highest BCUT2D eigenvalue weighted by Crippen LogP contribution is 2.10. The summed E-state index contributed by atoms with van der Waals surface area (Å²) in [6.07, 6.45) is -1.50. The van der Waals surface area contributed by atoms with Crippen molar-refractivity contribution in [3.63, 3.8) is 0 Å². The molecular weight excluding hydrogens is 170 g/mol. The zero-order valence-electron chi connectivity index (χ0n) is 6.10. The van der Waals surface area contributed by atoms with Gasteiger partial charge >= 0.3 is 0 Å². The van der Waals surface area contributed by atoms with Crippen LogP contribution >= 0.6 is 12.4 Å². The smallest absolute Gasteiger partial charge is 0.0927 e. The summed E-state index contributed by atoms with van der Waals surface area (Å²) >= 11 is 0. The van der Waals surface area contributed by atoms with Crippen molar-refractivity contribution < 1.29 is 15.3 Å². The first-order valence-electron chi connectivity index (χ1n) is 3.43. The molecule has 1 saturated heterocycles. The number of rotatable bonds is 1. The summed E-state index contributed by atoms with van der Waals surface area (Å²) in [4.78, 5) is 0. The molecule has 1 rings (SSSR count). The molecule has 0 aromatic heterocycles. The molecule has 1 aliphatic rings. The second-order valence-corrected chi connectivity index (χ2v) is 2.66. The summed E-state index contributed by atoms with van der Waals surface area (Å²) in [6.45, 7) is 0.914. The lowest BCUT2D eigenvalue weighted by Gasteiger charge is -2.30. The number of halogens is 1. The Hall–Kier alpha value is 0.130. The van der Waals surface area contributed by atoms with E-state index in [1.54, 1.807) is 0 Å². The number of β-amino-alcohol motifs (C(OH)–C–C–N with tert-alkyl or cyclic N) is 1. The summed E-state index contributed by atoms with van der Waals surface area (Å²) in [6, 6.07) is 0. The van der Waals surface area contributed by atoms with Crippen LogP contribution in [0.25, 0.3) is 0 Å². The van der Waals surface area contributed by atoms with Crippen LogP contribution < -0.4 is 5.32 Å². The fourth-order valence-electron chi connectivity index (χ4n) is 1.14. The van der Waals surface area contributed by atoms with Crippen LogP contribution in [0.1, 0.15) is 0 Å². The first-order chi connectivity index (χ1) is 4.75. The van der Waals surface area contributed by atoms with Crippen molar-refractivity contribution in [2.45, 2.75) is 12.2 Å². The number of aliphatic hydroxyl groups is 3. The van der Waals surface area contributed by atoms with E-state index in [1.165, 1.54) is 0 Å². The van der Waals surface area contributed by atoms with Crippen LogP contribution in [0, 0.1) is 5.92 Å². The SMILES string of the molecule is Cl.OC[C@H]1CNC[C@@H](O)[C@H]1O. The Kier molecular flexibility index (Phi) is 4.96. The summed E-state index contributed by atoms with van der Waals surface area (Å²) in [5, 5.41) is 29.8. The van der Waals surface area contributed by atoms with Crippen molar-refractivity contribution in [3.05, 3.63) is 0 Å². The highest BCUT2D eigenvalue weighted by atomic mass is 35.5. The van der Waals surface area contributed by atoms with Gasteiger partial charge in [0.2, 0.25) is 0 Å². The van der Waals surface area contributed by atoms with Crippen LogP contribution in [0.15, 0.2) is 0 Å². The van der Waals surface area contributed by atoms with Crippen molar-refractivity contribution in [1.82, 2.24) is 5.32 Å². The van der Waals surface area contributed by atoms with Gasteiger partial charge in [0.1, 0.15) is 0 Å². The molecule has 0 amide bonds. The van der Waals surface area contributed by atoms with E-state index in [0.717, 1.165) is 0 Å². The normalized spacial score (nSPS) is 37.9. The van der Waals surface area contributed by atoms with E-state index in [4.69, 9.17) is 10.2 Å². The zero-order chi connectivity index (χ0) is 7.56. The summed E-state index contributed by atoms with van der Waals surface area (Å²) in [7, 11) is 0. The number of aliphatic hydroxyl groups excluding tert-OH is 3. The van der Waals surface area contributed by atoms with Crippen LogP contribution in [0.3, 0.4) is 0 Å². The van der Waals surface area contributed by atoms with Crippen LogP contribution in [0.5, 0.6) is 0 Å². The Labute approximate surface area is 71.6 Å². The Morgan fingerprint density at radius 1 is 1.27 bits per heavy atom. The van der Waals surface area contributed by atoms with Crippen LogP contribution in [-0.2, 0) is 0 Å². The average molecular weight is 184 g/mol. The molecule has 3 atom stereocenters. The Balaban J connectivity index is 0.000001000. The van der Waals surface area contributed by atoms with Crippen molar-refractivity contribution >= 4 is 12.4 Å². The Morgan fingerprint density at radius 2 is 1.91 bits per heavy atom. The van der Waals surface area contributed by atoms with Gasteiger partial charge in [-0.1, -0.05) is 0 Å². The minimum absolute atomic E-state index is 0. The molecule has 0 spiro atoms. The van der Waals surface area contributed by atoms with E-state index >= 15 is 0 Å². The monoisotopic (exact) mass is 183 g/mol. The van der Waals surface area contributed by atoms with E-state index < -0.39 is 12.2 Å². The molecule has 0 saturated carbocycles. The third kappa shape index (κ3) is 2.57. The Morgan fingerprint density at radius 3 is 2.36 bits per heavy atom. The van der Waals surface area contributed by atoms with E-state index in [9.17, 15) is 5.11 Å². The van der Waals surface area contributed by atoms with Gasteiger partial charge in [-0.05, 0) is 0 Å². The first kappa shape index (κ1) is 11.1. The Bertz CT molecular complexity index is 114. The van der Waals surface area contributed by atoms with Crippen LogP contribution in [0.4, 0.5) is 0 Å². The van der Waals surface area contributed by atoms with Crippen molar-refractivity contribution in [2.24, 2.45) is 5.92 Å². The first-order valence-corrected chi connectivity index (χ1v) is 3.43. The minimum Gasteiger partial charge on any atom is -0.396 e. The summed E-state index contributed by atoms with van der Waals surface area (Å²) in [5.74, 6) is -0.219. The highest BCUT2D eigenvalue weighted by molar-refractivity contribution is 5.85. The molecule has 0 unspecified atom stereocenters. The quantitative estimate of drug-likeness (QED) is 0.393. The molecule has 4 N–H and O–H groups in total. The fraction of sp³-hybridized carbons (Fsp3) is 1.00. The minimum atomic E-state index is -0.772. The lowest BCUT2D eigenvalue weighted by Crippen LogP contribution is -2.51. The van der Waals surface area contributed by atoms with Crippen LogP contribution in [-0.4, -0.2) is 47.2 Å². The molecule has 68 valence electrons.